The van der Waals surface area contributed by atoms with Crippen LogP contribution in [0.3, 0.4) is 0 Å². The molecule has 0 bridgehead atoms. The third kappa shape index (κ3) is 2.93. The largest absolute Gasteiger partial charge is 0.351 e. The van der Waals surface area contributed by atoms with E-state index in [-0.39, 0.29) is 5.91 Å². The van der Waals surface area contributed by atoms with Gasteiger partial charge in [0, 0.05) is 25.5 Å². The van der Waals surface area contributed by atoms with E-state index in [1.807, 2.05) is 18.2 Å². The van der Waals surface area contributed by atoms with Gasteiger partial charge in [0.05, 0.1) is 4.91 Å². The normalized spacial score (nSPS) is 22.4. The number of rotatable bonds is 1. The van der Waals surface area contributed by atoms with Crippen molar-refractivity contribution in [3.05, 3.63) is 35.0 Å². The Morgan fingerprint density at radius 2 is 2.20 bits per heavy atom. The van der Waals surface area contributed by atoms with Crippen molar-refractivity contribution in [1.82, 2.24) is 9.88 Å². The molecule has 2 aliphatic heterocycles. The molecule has 1 amide bonds. The highest BCUT2D eigenvalue weighted by Crippen LogP contribution is 2.31. The van der Waals surface area contributed by atoms with Crippen molar-refractivity contribution in [3.63, 3.8) is 0 Å². The summed E-state index contributed by atoms with van der Waals surface area (Å²) in [6, 6.07) is 3.80. The molecule has 0 aromatic carbocycles. The topological polar surface area (TPSA) is 45.6 Å². The number of amides is 1. The van der Waals surface area contributed by atoms with Crippen molar-refractivity contribution >= 4 is 28.9 Å². The van der Waals surface area contributed by atoms with Crippen LogP contribution in [0.4, 0.5) is 0 Å². The van der Waals surface area contributed by atoms with E-state index in [0.717, 1.165) is 29.7 Å². The second kappa shape index (κ2) is 5.79. The second-order valence-electron chi connectivity index (χ2n) is 5.27. The Morgan fingerprint density at radius 1 is 1.40 bits per heavy atom. The van der Waals surface area contributed by atoms with E-state index >= 15 is 0 Å². The fourth-order valence-electron chi connectivity index (χ4n) is 2.35. The molecule has 3 rings (SSSR count). The van der Waals surface area contributed by atoms with Gasteiger partial charge in [0.25, 0.3) is 5.91 Å². The summed E-state index contributed by atoms with van der Waals surface area (Å²) in [6.45, 7) is 4.28. The summed E-state index contributed by atoms with van der Waals surface area (Å²) < 4.78 is 0. The molecule has 0 atom stereocenters. The van der Waals surface area contributed by atoms with Crippen LogP contribution in [0.25, 0.3) is 6.08 Å². The lowest BCUT2D eigenvalue weighted by Crippen LogP contribution is -2.35. The molecule has 0 spiro atoms. The Hall–Kier alpha value is -1.62. The standard InChI is InChI=1S/C15H17N3OS/c1-11-4-7-18(8-5-11)15-17-14(19)13(20-15)9-12-3-2-6-16-10-12/h2-3,6,9-11H,4-5,7-8H2,1H3. The average molecular weight is 287 g/mol. The third-order valence-corrected chi connectivity index (χ3v) is 4.69. The Kier molecular flexibility index (Phi) is 3.87. The molecule has 1 aromatic rings. The molecule has 2 aliphatic rings. The first-order valence-electron chi connectivity index (χ1n) is 6.90. The summed E-state index contributed by atoms with van der Waals surface area (Å²) in [4.78, 5) is 23.1. The van der Waals surface area contributed by atoms with Crippen LogP contribution in [0, 0.1) is 5.92 Å². The van der Waals surface area contributed by atoms with Gasteiger partial charge in [0.2, 0.25) is 0 Å². The molecule has 0 radical (unpaired) electrons. The van der Waals surface area contributed by atoms with Gasteiger partial charge < -0.3 is 4.90 Å². The highest BCUT2D eigenvalue weighted by molar-refractivity contribution is 8.18. The van der Waals surface area contributed by atoms with Gasteiger partial charge in [0.1, 0.15) is 0 Å². The minimum Gasteiger partial charge on any atom is -0.351 e. The summed E-state index contributed by atoms with van der Waals surface area (Å²) in [7, 11) is 0. The molecule has 4 nitrogen and oxygen atoms in total. The Balaban J connectivity index is 1.71. The summed E-state index contributed by atoms with van der Waals surface area (Å²) in [5.74, 6) is 0.645. The van der Waals surface area contributed by atoms with Crippen molar-refractivity contribution < 1.29 is 4.79 Å². The van der Waals surface area contributed by atoms with Gasteiger partial charge in [-0.05, 0) is 48.2 Å². The zero-order chi connectivity index (χ0) is 13.9. The van der Waals surface area contributed by atoms with Gasteiger partial charge in [-0.2, -0.15) is 4.99 Å². The molecule has 20 heavy (non-hydrogen) atoms. The lowest BCUT2D eigenvalue weighted by atomic mass is 10.00. The van der Waals surface area contributed by atoms with Crippen molar-refractivity contribution in [1.29, 1.82) is 0 Å². The lowest BCUT2D eigenvalue weighted by Gasteiger charge is -2.30. The molecular formula is C15H17N3OS. The predicted molar refractivity (Wildman–Crippen MR) is 82.2 cm³/mol. The minimum atomic E-state index is -0.132. The molecule has 1 fully saturated rings. The van der Waals surface area contributed by atoms with Crippen molar-refractivity contribution in [2.45, 2.75) is 19.8 Å². The Bertz CT molecular complexity index is 560. The van der Waals surface area contributed by atoms with E-state index in [1.54, 1.807) is 12.4 Å². The van der Waals surface area contributed by atoms with E-state index in [1.165, 1.54) is 24.6 Å². The number of hydrogen-bond acceptors (Lipinski definition) is 4. The fraction of sp³-hybridized carbons (Fsp3) is 0.400. The van der Waals surface area contributed by atoms with Gasteiger partial charge in [-0.25, -0.2) is 0 Å². The number of piperidine rings is 1. The van der Waals surface area contributed by atoms with Crippen molar-refractivity contribution in [3.8, 4) is 0 Å². The number of hydrogen-bond donors (Lipinski definition) is 0. The van der Waals surface area contributed by atoms with Gasteiger partial charge >= 0.3 is 0 Å². The van der Waals surface area contributed by atoms with Crippen molar-refractivity contribution in [2.24, 2.45) is 10.9 Å². The molecule has 1 aromatic heterocycles. The summed E-state index contributed by atoms with van der Waals surface area (Å²) in [5, 5.41) is 0.858. The van der Waals surface area contributed by atoms with Crippen LogP contribution in [0.15, 0.2) is 34.4 Å². The maximum Gasteiger partial charge on any atom is 0.286 e. The first kappa shape index (κ1) is 13.4. The van der Waals surface area contributed by atoms with E-state index in [9.17, 15) is 4.79 Å². The zero-order valence-electron chi connectivity index (χ0n) is 11.5. The molecule has 1 saturated heterocycles. The van der Waals surface area contributed by atoms with Crippen LogP contribution >= 0.6 is 11.8 Å². The summed E-state index contributed by atoms with van der Waals surface area (Å²) in [5.41, 5.74) is 0.937. The summed E-state index contributed by atoms with van der Waals surface area (Å²) in [6.07, 6.45) is 7.69. The SMILES string of the molecule is CC1CCN(C2=NC(=O)C(=Cc3cccnc3)S2)CC1. The highest BCUT2D eigenvalue weighted by atomic mass is 32.2. The maximum atomic E-state index is 12.0. The maximum absolute atomic E-state index is 12.0. The van der Waals surface area contributed by atoms with Crippen LogP contribution in [0.2, 0.25) is 0 Å². The average Bonchev–Trinajstić information content (AvgIpc) is 2.82. The number of amidine groups is 1. The Labute approximate surface area is 123 Å². The van der Waals surface area contributed by atoms with Gasteiger partial charge in [-0.15, -0.1) is 0 Å². The third-order valence-electron chi connectivity index (χ3n) is 3.65. The van der Waals surface area contributed by atoms with Crippen LogP contribution in [-0.4, -0.2) is 34.0 Å². The molecule has 0 aliphatic carbocycles. The molecular weight excluding hydrogens is 270 g/mol. The number of aromatic nitrogens is 1. The quantitative estimate of drug-likeness (QED) is 0.745. The molecule has 0 unspecified atom stereocenters. The lowest BCUT2D eigenvalue weighted by molar-refractivity contribution is -0.113. The number of likely N-dealkylation sites (tertiary alicyclic amines) is 1. The van der Waals surface area contributed by atoms with Crippen LogP contribution in [0.1, 0.15) is 25.3 Å². The van der Waals surface area contributed by atoms with E-state index in [0.29, 0.717) is 4.91 Å². The first-order chi connectivity index (χ1) is 9.72. The number of aliphatic imine (C=N–C) groups is 1. The second-order valence-corrected chi connectivity index (χ2v) is 6.28. The van der Waals surface area contributed by atoms with Crippen LogP contribution < -0.4 is 0 Å². The highest BCUT2D eigenvalue weighted by Gasteiger charge is 2.28. The first-order valence-corrected chi connectivity index (χ1v) is 7.71. The van der Waals surface area contributed by atoms with Crippen LogP contribution in [-0.2, 0) is 4.79 Å². The van der Waals surface area contributed by atoms with Gasteiger partial charge in [-0.3, -0.25) is 9.78 Å². The van der Waals surface area contributed by atoms with Crippen LogP contribution in [0.5, 0.6) is 0 Å². The molecule has 5 heteroatoms. The number of nitrogens with zero attached hydrogens (tertiary/aromatic N) is 3. The Morgan fingerprint density at radius 3 is 2.90 bits per heavy atom. The number of pyridine rings is 1. The molecule has 0 N–H and O–H groups in total. The van der Waals surface area contributed by atoms with Gasteiger partial charge in [0.15, 0.2) is 5.17 Å². The van der Waals surface area contributed by atoms with Gasteiger partial charge in [-0.1, -0.05) is 13.0 Å². The minimum absolute atomic E-state index is 0.132. The van der Waals surface area contributed by atoms with E-state index in [2.05, 4.69) is 21.8 Å². The van der Waals surface area contributed by atoms with Crippen molar-refractivity contribution in [2.75, 3.05) is 13.1 Å². The monoisotopic (exact) mass is 287 g/mol. The van der Waals surface area contributed by atoms with E-state index < -0.39 is 0 Å². The number of carbonyl (C=O) groups excluding carboxylic acids is 1. The number of thioether (sulfide) groups is 1. The number of carbonyl (C=O) groups is 1. The molecule has 3 heterocycles. The fourth-order valence-corrected chi connectivity index (χ4v) is 3.31. The molecule has 0 saturated carbocycles. The zero-order valence-corrected chi connectivity index (χ0v) is 12.3. The predicted octanol–water partition coefficient (Wildman–Crippen LogP) is 2.78. The smallest absolute Gasteiger partial charge is 0.286 e. The van der Waals surface area contributed by atoms with E-state index in [4.69, 9.17) is 0 Å². The molecule has 104 valence electrons. The summed E-state index contributed by atoms with van der Waals surface area (Å²) >= 11 is 1.48.